The van der Waals surface area contributed by atoms with Crippen molar-refractivity contribution in [3.8, 4) is 23.5 Å². The van der Waals surface area contributed by atoms with Crippen LogP contribution in [-0.4, -0.2) is 18.6 Å². The second kappa shape index (κ2) is 7.27. The van der Waals surface area contributed by atoms with E-state index in [1.165, 1.54) is 12.1 Å². The molecule has 2 N–H and O–H groups in total. The Morgan fingerprint density at radius 2 is 2.14 bits per heavy atom. The van der Waals surface area contributed by atoms with Gasteiger partial charge in [0, 0.05) is 17.7 Å². The number of halogens is 1. The number of rotatable bonds is 4. The van der Waals surface area contributed by atoms with Crippen LogP contribution in [0.15, 0.2) is 36.4 Å². The Kier molecular flexibility index (Phi) is 5.13. The van der Waals surface area contributed by atoms with Gasteiger partial charge in [-0.1, -0.05) is 17.9 Å². The molecule has 0 atom stereocenters. The summed E-state index contributed by atoms with van der Waals surface area (Å²) in [6.45, 7) is 0.435. The molecule has 108 valence electrons. The van der Waals surface area contributed by atoms with Gasteiger partial charge < -0.3 is 15.2 Å². The third-order valence-corrected chi connectivity index (χ3v) is 2.58. The number of methoxy groups -OCH3 is 1. The summed E-state index contributed by atoms with van der Waals surface area (Å²) in [7, 11) is 1.54. The van der Waals surface area contributed by atoms with Crippen LogP contribution >= 0.6 is 0 Å². The van der Waals surface area contributed by atoms with Crippen LogP contribution in [0.1, 0.15) is 11.3 Å². The van der Waals surface area contributed by atoms with Crippen molar-refractivity contribution in [3.63, 3.8) is 0 Å². The molecule has 5 heteroatoms. The van der Waals surface area contributed by atoms with Gasteiger partial charge in [-0.3, -0.25) is 0 Å². The number of hydrogen-bond acceptors (Lipinski definition) is 4. The predicted molar refractivity (Wildman–Crippen MR) is 77.5 cm³/mol. The zero-order valence-corrected chi connectivity index (χ0v) is 11.6. The first-order valence-electron chi connectivity index (χ1n) is 6.33. The fourth-order valence-corrected chi connectivity index (χ4v) is 1.68. The van der Waals surface area contributed by atoms with Crippen molar-refractivity contribution in [2.24, 2.45) is 5.73 Å². The summed E-state index contributed by atoms with van der Waals surface area (Å²) >= 11 is 0. The summed E-state index contributed by atoms with van der Waals surface area (Å²) in [5.74, 6) is 5.93. The van der Waals surface area contributed by atoms with Crippen LogP contribution in [0, 0.1) is 17.7 Å². The molecule has 0 aliphatic carbocycles. The lowest BCUT2D eigenvalue weighted by Gasteiger charge is -2.07. The number of nitrogens with two attached hydrogens (primary N) is 1. The number of hydrogen-bond donors (Lipinski definition) is 1. The van der Waals surface area contributed by atoms with Gasteiger partial charge in [-0.05, 0) is 18.2 Å². The van der Waals surface area contributed by atoms with Gasteiger partial charge in [0.2, 0.25) is 5.88 Å². The van der Waals surface area contributed by atoms with Crippen LogP contribution in [0.5, 0.6) is 11.6 Å². The summed E-state index contributed by atoms with van der Waals surface area (Å²) in [5, 5.41) is 0. The molecule has 4 nitrogen and oxygen atoms in total. The van der Waals surface area contributed by atoms with Gasteiger partial charge >= 0.3 is 0 Å². The number of nitrogens with zero attached hydrogens (tertiary/aromatic N) is 1. The van der Waals surface area contributed by atoms with Gasteiger partial charge in [0.1, 0.15) is 18.2 Å². The fourth-order valence-electron chi connectivity index (χ4n) is 1.68. The first kappa shape index (κ1) is 14.8. The lowest BCUT2D eigenvalue weighted by Crippen LogP contribution is -2.00. The van der Waals surface area contributed by atoms with Crippen molar-refractivity contribution < 1.29 is 13.9 Å². The van der Waals surface area contributed by atoms with Crippen LogP contribution in [0.2, 0.25) is 0 Å². The molecule has 0 spiro atoms. The lowest BCUT2D eigenvalue weighted by atomic mass is 10.2. The first-order chi connectivity index (χ1) is 10.2. The highest BCUT2D eigenvalue weighted by Gasteiger charge is 2.03. The first-order valence-corrected chi connectivity index (χ1v) is 6.33. The molecule has 0 saturated carbocycles. The van der Waals surface area contributed by atoms with E-state index in [1.54, 1.807) is 25.3 Å². The second-order valence-electron chi connectivity index (χ2n) is 4.14. The molecule has 0 fully saturated rings. The van der Waals surface area contributed by atoms with E-state index < -0.39 is 5.82 Å². The van der Waals surface area contributed by atoms with E-state index >= 15 is 0 Å². The van der Waals surface area contributed by atoms with Gasteiger partial charge in [0.15, 0.2) is 0 Å². The summed E-state index contributed by atoms with van der Waals surface area (Å²) in [5.41, 5.74) is 6.51. The van der Waals surface area contributed by atoms with E-state index in [4.69, 9.17) is 15.2 Å². The molecule has 0 bridgehead atoms. The van der Waals surface area contributed by atoms with Crippen molar-refractivity contribution in [2.45, 2.75) is 6.61 Å². The molecule has 0 aliphatic rings. The minimum Gasteiger partial charge on any atom is -0.487 e. The van der Waals surface area contributed by atoms with Crippen LogP contribution in [0.3, 0.4) is 0 Å². The van der Waals surface area contributed by atoms with Gasteiger partial charge in [-0.2, -0.15) is 0 Å². The smallest absolute Gasteiger partial charge is 0.213 e. The molecular formula is C16H15FN2O2. The van der Waals surface area contributed by atoms with E-state index in [0.29, 0.717) is 22.9 Å². The van der Waals surface area contributed by atoms with E-state index in [1.807, 2.05) is 6.07 Å². The monoisotopic (exact) mass is 286 g/mol. The average molecular weight is 286 g/mol. The summed E-state index contributed by atoms with van der Waals surface area (Å²) in [4.78, 5) is 4.22. The van der Waals surface area contributed by atoms with Crippen LogP contribution in [0.4, 0.5) is 4.39 Å². The van der Waals surface area contributed by atoms with Crippen molar-refractivity contribution in [1.82, 2.24) is 4.98 Å². The summed E-state index contributed by atoms with van der Waals surface area (Å²) in [6.07, 6.45) is 0. The maximum absolute atomic E-state index is 13.5. The molecule has 1 aromatic heterocycles. The number of aromatic nitrogens is 1. The second-order valence-corrected chi connectivity index (χ2v) is 4.14. The molecule has 2 aromatic rings. The third-order valence-electron chi connectivity index (χ3n) is 2.58. The number of pyridine rings is 1. The van der Waals surface area contributed by atoms with Gasteiger partial charge in [0.25, 0.3) is 0 Å². The summed E-state index contributed by atoms with van der Waals surface area (Å²) in [6, 6.07) is 9.65. The zero-order valence-electron chi connectivity index (χ0n) is 11.6. The maximum Gasteiger partial charge on any atom is 0.213 e. The molecule has 0 unspecified atom stereocenters. The molecular weight excluding hydrogens is 271 g/mol. The highest BCUT2D eigenvalue weighted by atomic mass is 19.1. The largest absolute Gasteiger partial charge is 0.487 e. The Labute approximate surface area is 122 Å². The Balaban J connectivity index is 2.10. The van der Waals surface area contributed by atoms with Crippen molar-refractivity contribution in [2.75, 3.05) is 13.7 Å². The molecule has 0 saturated heterocycles. The molecule has 0 aliphatic heterocycles. The third kappa shape index (κ3) is 4.48. The van der Waals surface area contributed by atoms with Gasteiger partial charge in [-0.25, -0.2) is 9.37 Å². The van der Waals surface area contributed by atoms with Crippen LogP contribution < -0.4 is 15.2 Å². The highest BCUT2D eigenvalue weighted by molar-refractivity contribution is 5.40. The molecule has 21 heavy (non-hydrogen) atoms. The molecule has 0 amide bonds. The number of ether oxygens (including phenoxy) is 2. The van der Waals surface area contributed by atoms with Crippen molar-refractivity contribution >= 4 is 0 Å². The molecule has 0 radical (unpaired) electrons. The topological polar surface area (TPSA) is 57.4 Å². The molecule has 1 aromatic carbocycles. The SMILES string of the molecule is COc1cccc(COc2cc(F)cc(C#CCN)c2)n1. The Bertz CT molecular complexity index is 677. The fraction of sp³-hybridized carbons (Fsp3) is 0.188. The minimum atomic E-state index is -0.410. The van der Waals surface area contributed by atoms with Crippen LogP contribution in [-0.2, 0) is 6.61 Å². The van der Waals surface area contributed by atoms with Gasteiger partial charge in [-0.15, -0.1) is 0 Å². The molecule has 2 rings (SSSR count). The quantitative estimate of drug-likeness (QED) is 0.875. The maximum atomic E-state index is 13.5. The van der Waals surface area contributed by atoms with Crippen LogP contribution in [0.25, 0.3) is 0 Å². The van der Waals surface area contributed by atoms with E-state index in [2.05, 4.69) is 16.8 Å². The predicted octanol–water partition coefficient (Wildman–Crippen LogP) is 2.12. The van der Waals surface area contributed by atoms with E-state index in [-0.39, 0.29) is 13.2 Å². The van der Waals surface area contributed by atoms with E-state index in [0.717, 1.165) is 0 Å². The van der Waals surface area contributed by atoms with Crippen molar-refractivity contribution in [3.05, 3.63) is 53.5 Å². The minimum absolute atomic E-state index is 0.213. The van der Waals surface area contributed by atoms with E-state index in [9.17, 15) is 4.39 Å². The number of benzene rings is 1. The normalized spacial score (nSPS) is 9.67. The Morgan fingerprint density at radius 1 is 1.29 bits per heavy atom. The zero-order chi connectivity index (χ0) is 15.1. The summed E-state index contributed by atoms with van der Waals surface area (Å²) < 4.78 is 24.1. The average Bonchev–Trinajstić information content (AvgIpc) is 2.50. The Hall–Kier alpha value is -2.58. The standard InChI is InChI=1S/C16H15FN2O2/c1-20-16-6-2-5-14(19-16)11-21-15-9-12(4-3-7-18)8-13(17)10-15/h2,5-6,8-10H,7,11,18H2,1H3. The lowest BCUT2D eigenvalue weighted by molar-refractivity contribution is 0.296. The highest BCUT2D eigenvalue weighted by Crippen LogP contribution is 2.17. The van der Waals surface area contributed by atoms with Crippen molar-refractivity contribution in [1.29, 1.82) is 0 Å². The molecule has 1 heterocycles. The Morgan fingerprint density at radius 3 is 2.90 bits per heavy atom. The van der Waals surface area contributed by atoms with Gasteiger partial charge in [0.05, 0.1) is 19.3 Å².